The number of benzene rings is 2. The average Bonchev–Trinajstić information content (AvgIpc) is 3.09. The lowest BCUT2D eigenvalue weighted by Crippen LogP contribution is -2.33. The van der Waals surface area contributed by atoms with Crippen molar-refractivity contribution >= 4 is 23.4 Å². The first kappa shape index (κ1) is 19.9. The molecule has 6 heteroatoms. The van der Waals surface area contributed by atoms with Crippen molar-refractivity contribution in [1.82, 2.24) is 14.8 Å². The zero-order valence-corrected chi connectivity index (χ0v) is 17.0. The maximum atomic E-state index is 12.8. The fourth-order valence-electron chi connectivity index (χ4n) is 2.89. The third kappa shape index (κ3) is 4.70. The lowest BCUT2D eigenvalue weighted by molar-refractivity contribution is -0.117. The summed E-state index contributed by atoms with van der Waals surface area (Å²) in [6, 6.07) is 19.8. The number of para-hydroxylation sites is 1. The van der Waals surface area contributed by atoms with Crippen molar-refractivity contribution in [2.75, 3.05) is 11.9 Å². The number of carbonyl (C=O) groups is 1. The number of thioether (sulfide) groups is 1. The summed E-state index contributed by atoms with van der Waals surface area (Å²) in [6.07, 6.45) is 2.51. The van der Waals surface area contributed by atoms with Crippen molar-refractivity contribution < 1.29 is 4.79 Å². The predicted molar refractivity (Wildman–Crippen MR) is 115 cm³/mol. The second-order valence-electron chi connectivity index (χ2n) is 6.45. The summed E-state index contributed by atoms with van der Waals surface area (Å²) in [7, 11) is 1.80. The van der Waals surface area contributed by atoms with Crippen molar-refractivity contribution in [1.29, 1.82) is 0 Å². The van der Waals surface area contributed by atoms with Crippen LogP contribution in [0, 0.1) is 0 Å². The highest BCUT2D eigenvalue weighted by atomic mass is 32.2. The molecule has 0 spiro atoms. The zero-order chi connectivity index (χ0) is 19.9. The lowest BCUT2D eigenvalue weighted by atomic mass is 10.1. The van der Waals surface area contributed by atoms with E-state index in [1.165, 1.54) is 17.3 Å². The molecule has 0 aliphatic heterocycles. The first-order chi connectivity index (χ1) is 13.6. The van der Waals surface area contributed by atoms with Crippen molar-refractivity contribution in [2.24, 2.45) is 0 Å². The summed E-state index contributed by atoms with van der Waals surface area (Å²) in [5.74, 6) is 0.888. The Hall–Kier alpha value is -2.86. The molecule has 28 heavy (non-hydrogen) atoms. The largest absolute Gasteiger partial charge is 0.315 e. The normalized spacial score (nSPS) is 11.8. The van der Waals surface area contributed by atoms with E-state index < -0.39 is 0 Å². The Labute approximate surface area is 170 Å². The average molecular weight is 393 g/mol. The fraction of sp³-hybridized carbons (Fsp3) is 0.227. The first-order valence-electron chi connectivity index (χ1n) is 9.16. The molecule has 0 radical (unpaired) electrons. The minimum atomic E-state index is -0.289. The summed E-state index contributed by atoms with van der Waals surface area (Å²) in [6.45, 7) is 6.35. The van der Waals surface area contributed by atoms with E-state index in [9.17, 15) is 4.79 Å². The Bertz CT molecular complexity index is 924. The van der Waals surface area contributed by atoms with Crippen LogP contribution in [0.15, 0.2) is 78.5 Å². The fourth-order valence-corrected chi connectivity index (χ4v) is 3.86. The van der Waals surface area contributed by atoms with E-state index in [2.05, 4.69) is 28.9 Å². The SMILES string of the molecule is C=CCn1c(Cc2ccccc2)nnc1SC(C)C(=O)N(C)c1ccccc1. The molecule has 3 aromatic rings. The van der Waals surface area contributed by atoms with E-state index in [0.717, 1.165) is 16.7 Å². The molecule has 3 rings (SSSR count). The molecule has 0 saturated heterocycles. The van der Waals surface area contributed by atoms with Gasteiger partial charge in [0.05, 0.1) is 5.25 Å². The van der Waals surface area contributed by atoms with Crippen molar-refractivity contribution in [3.05, 3.63) is 84.7 Å². The van der Waals surface area contributed by atoms with E-state index in [1.54, 1.807) is 11.9 Å². The monoisotopic (exact) mass is 392 g/mol. The molecule has 0 bridgehead atoms. The molecule has 5 nitrogen and oxygen atoms in total. The van der Waals surface area contributed by atoms with Crippen LogP contribution in [0.5, 0.6) is 0 Å². The van der Waals surface area contributed by atoms with Gasteiger partial charge >= 0.3 is 0 Å². The maximum absolute atomic E-state index is 12.8. The third-order valence-electron chi connectivity index (χ3n) is 4.41. The van der Waals surface area contributed by atoms with Gasteiger partial charge in [0.25, 0.3) is 0 Å². The van der Waals surface area contributed by atoms with Gasteiger partial charge in [0.1, 0.15) is 5.82 Å². The molecule has 0 aliphatic rings. The Balaban J connectivity index is 1.75. The Morgan fingerprint density at radius 3 is 2.43 bits per heavy atom. The minimum Gasteiger partial charge on any atom is -0.315 e. The third-order valence-corrected chi connectivity index (χ3v) is 5.48. The predicted octanol–water partition coefficient (Wildman–Crippen LogP) is 4.20. The van der Waals surface area contributed by atoms with Crippen LogP contribution in [0.1, 0.15) is 18.3 Å². The maximum Gasteiger partial charge on any atom is 0.240 e. The molecule has 0 N–H and O–H groups in total. The zero-order valence-electron chi connectivity index (χ0n) is 16.2. The van der Waals surface area contributed by atoms with Crippen molar-refractivity contribution in [3.63, 3.8) is 0 Å². The molecule has 1 aromatic heterocycles. The van der Waals surface area contributed by atoms with Gasteiger partial charge in [0, 0.05) is 25.7 Å². The number of aromatic nitrogens is 3. The summed E-state index contributed by atoms with van der Waals surface area (Å²) < 4.78 is 2.02. The lowest BCUT2D eigenvalue weighted by Gasteiger charge is -2.21. The molecule has 0 fully saturated rings. The van der Waals surface area contributed by atoms with Crippen molar-refractivity contribution in [2.45, 2.75) is 30.3 Å². The number of anilines is 1. The number of amides is 1. The summed E-state index contributed by atoms with van der Waals surface area (Å²) in [4.78, 5) is 14.5. The molecular weight excluding hydrogens is 368 g/mol. The Kier molecular flexibility index (Phi) is 6.66. The van der Waals surface area contributed by atoms with Gasteiger partial charge in [-0.15, -0.1) is 16.8 Å². The number of hydrogen-bond acceptors (Lipinski definition) is 4. The van der Waals surface area contributed by atoms with Gasteiger partial charge in [-0.2, -0.15) is 0 Å². The van der Waals surface area contributed by atoms with E-state index in [4.69, 9.17) is 0 Å². The summed E-state index contributed by atoms with van der Waals surface area (Å²) in [5.41, 5.74) is 2.04. The second-order valence-corrected chi connectivity index (χ2v) is 7.76. The van der Waals surface area contributed by atoms with E-state index in [0.29, 0.717) is 13.0 Å². The highest BCUT2D eigenvalue weighted by Crippen LogP contribution is 2.26. The van der Waals surface area contributed by atoms with Gasteiger partial charge in [0.15, 0.2) is 5.16 Å². The van der Waals surface area contributed by atoms with Crippen LogP contribution in [0.25, 0.3) is 0 Å². The molecule has 0 saturated carbocycles. The van der Waals surface area contributed by atoms with Gasteiger partial charge in [-0.3, -0.25) is 4.79 Å². The molecule has 1 unspecified atom stereocenters. The number of carbonyl (C=O) groups excluding carboxylic acids is 1. The smallest absolute Gasteiger partial charge is 0.240 e. The number of hydrogen-bond donors (Lipinski definition) is 0. The number of allylic oxidation sites excluding steroid dienone is 1. The molecule has 1 amide bonds. The Morgan fingerprint density at radius 2 is 1.79 bits per heavy atom. The van der Waals surface area contributed by atoms with Gasteiger partial charge < -0.3 is 9.47 Å². The van der Waals surface area contributed by atoms with Crippen LogP contribution in [-0.4, -0.2) is 33.0 Å². The second kappa shape index (κ2) is 9.37. The van der Waals surface area contributed by atoms with Crippen LogP contribution >= 0.6 is 11.8 Å². The standard InChI is InChI=1S/C22H24N4OS/c1-4-15-26-20(16-18-11-7-5-8-12-18)23-24-22(26)28-17(2)21(27)25(3)19-13-9-6-10-14-19/h4-14,17H,1,15-16H2,2-3H3. The van der Waals surface area contributed by atoms with Crippen molar-refractivity contribution in [3.8, 4) is 0 Å². The minimum absolute atomic E-state index is 0.0222. The van der Waals surface area contributed by atoms with Gasteiger partial charge in [-0.25, -0.2) is 0 Å². The quantitative estimate of drug-likeness (QED) is 0.426. The summed E-state index contributed by atoms with van der Waals surface area (Å²) >= 11 is 1.42. The van der Waals surface area contributed by atoms with Crippen LogP contribution in [0.4, 0.5) is 5.69 Å². The van der Waals surface area contributed by atoms with Crippen LogP contribution in [0.2, 0.25) is 0 Å². The summed E-state index contributed by atoms with van der Waals surface area (Å²) in [5, 5.41) is 9.15. The van der Waals surface area contributed by atoms with Gasteiger partial charge in [0.2, 0.25) is 5.91 Å². The molecular formula is C22H24N4OS. The van der Waals surface area contributed by atoms with E-state index in [-0.39, 0.29) is 11.2 Å². The highest BCUT2D eigenvalue weighted by molar-refractivity contribution is 8.00. The topological polar surface area (TPSA) is 51.0 Å². The first-order valence-corrected chi connectivity index (χ1v) is 10.0. The van der Waals surface area contributed by atoms with E-state index >= 15 is 0 Å². The molecule has 1 heterocycles. The molecule has 144 valence electrons. The van der Waals surface area contributed by atoms with Crippen LogP contribution < -0.4 is 4.90 Å². The highest BCUT2D eigenvalue weighted by Gasteiger charge is 2.23. The number of rotatable bonds is 8. The van der Waals surface area contributed by atoms with Crippen LogP contribution in [-0.2, 0) is 17.8 Å². The van der Waals surface area contributed by atoms with Crippen LogP contribution in [0.3, 0.4) is 0 Å². The van der Waals surface area contributed by atoms with Gasteiger partial charge in [-0.1, -0.05) is 66.4 Å². The molecule has 1 atom stereocenters. The molecule has 2 aromatic carbocycles. The molecule has 0 aliphatic carbocycles. The van der Waals surface area contributed by atoms with E-state index in [1.807, 2.05) is 66.1 Å². The number of nitrogens with zero attached hydrogens (tertiary/aromatic N) is 4. The Morgan fingerprint density at radius 1 is 1.14 bits per heavy atom. The van der Waals surface area contributed by atoms with Gasteiger partial charge in [-0.05, 0) is 24.6 Å².